The van der Waals surface area contributed by atoms with E-state index in [0.29, 0.717) is 0 Å². The van der Waals surface area contributed by atoms with Crippen molar-refractivity contribution in [3.8, 4) is 0 Å². The van der Waals surface area contributed by atoms with Gasteiger partial charge in [0.25, 0.3) is 0 Å². The largest absolute Gasteiger partial charge is 0.309 e. The molecule has 1 unspecified atom stereocenters. The highest BCUT2D eigenvalue weighted by Crippen LogP contribution is 2.32. The first-order chi connectivity index (χ1) is 17.8. The molecule has 2 nitrogen and oxygen atoms in total. The van der Waals surface area contributed by atoms with Gasteiger partial charge in [-0.15, -0.1) is 0 Å². The number of likely N-dealkylation sites (tertiary alicyclic amines) is 2. The van der Waals surface area contributed by atoms with E-state index in [9.17, 15) is 0 Å². The van der Waals surface area contributed by atoms with E-state index in [1.54, 1.807) is 0 Å². The molecule has 2 fully saturated rings. The zero-order valence-corrected chi connectivity index (χ0v) is 25.4. The molecule has 0 aromatic rings. The van der Waals surface area contributed by atoms with Crippen LogP contribution >= 0.6 is 0 Å². The highest BCUT2D eigenvalue weighted by Gasteiger charge is 2.41. The molecule has 0 aromatic heterocycles. The van der Waals surface area contributed by atoms with Crippen LogP contribution in [0.5, 0.6) is 0 Å². The molecule has 0 spiro atoms. The first-order valence-corrected chi connectivity index (χ1v) is 17.4. The van der Waals surface area contributed by atoms with Crippen LogP contribution in [-0.4, -0.2) is 48.3 Å². The number of unbranched alkanes of at least 4 members (excludes halogenated alkanes) is 18. The fourth-order valence-electron chi connectivity index (χ4n) is 7.38. The SMILES string of the molecule is CCCCCCCCCCCC[N+]1(CCCCCCCCCCCC)CCCCCC1N1CCCC1. The Bertz CT molecular complexity index is 446. The minimum atomic E-state index is 0.854. The second-order valence-corrected chi connectivity index (χ2v) is 12.8. The summed E-state index contributed by atoms with van der Waals surface area (Å²) in [6, 6.07) is 0. The maximum atomic E-state index is 2.96. The number of rotatable bonds is 23. The zero-order chi connectivity index (χ0) is 25.6. The molecule has 2 heterocycles. The number of quaternary nitrogens is 1. The summed E-state index contributed by atoms with van der Waals surface area (Å²) in [4.78, 5) is 2.96. The van der Waals surface area contributed by atoms with E-state index in [2.05, 4.69) is 18.7 Å². The number of hydrogen-bond acceptors (Lipinski definition) is 1. The molecule has 0 amide bonds. The lowest BCUT2D eigenvalue weighted by molar-refractivity contribution is -0.961. The molecule has 1 atom stereocenters. The summed E-state index contributed by atoms with van der Waals surface area (Å²) in [6.07, 6.45) is 39.0. The summed E-state index contributed by atoms with van der Waals surface area (Å²) in [7, 11) is 0. The molecule has 2 aliphatic heterocycles. The van der Waals surface area contributed by atoms with Gasteiger partial charge < -0.3 is 4.48 Å². The summed E-state index contributed by atoms with van der Waals surface area (Å²) in [5.41, 5.74) is 0. The van der Waals surface area contributed by atoms with Crippen molar-refractivity contribution in [3.63, 3.8) is 0 Å². The second-order valence-electron chi connectivity index (χ2n) is 12.8. The lowest BCUT2D eigenvalue weighted by Gasteiger charge is -2.48. The Morgan fingerprint density at radius 2 is 0.889 bits per heavy atom. The van der Waals surface area contributed by atoms with Gasteiger partial charge in [0.1, 0.15) is 6.17 Å². The van der Waals surface area contributed by atoms with Gasteiger partial charge in [-0.25, -0.2) is 0 Å². The van der Waals surface area contributed by atoms with E-state index in [4.69, 9.17) is 0 Å². The molecule has 2 aliphatic rings. The van der Waals surface area contributed by atoms with E-state index < -0.39 is 0 Å². The Morgan fingerprint density at radius 3 is 1.33 bits per heavy atom. The lowest BCUT2D eigenvalue weighted by atomic mass is 10.0. The maximum absolute atomic E-state index is 2.96. The number of nitrogens with zero attached hydrogens (tertiary/aromatic N) is 2. The van der Waals surface area contributed by atoms with E-state index in [0.717, 1.165) is 6.17 Å². The molecule has 2 saturated heterocycles. The molecule has 0 N–H and O–H groups in total. The predicted molar refractivity (Wildman–Crippen MR) is 162 cm³/mol. The molecule has 2 rings (SSSR count). The third-order valence-corrected chi connectivity index (χ3v) is 9.67. The minimum Gasteiger partial charge on any atom is -0.309 e. The van der Waals surface area contributed by atoms with Gasteiger partial charge in [-0.3, -0.25) is 4.90 Å². The Hall–Kier alpha value is -0.0800. The van der Waals surface area contributed by atoms with Crippen LogP contribution in [0.3, 0.4) is 0 Å². The Kier molecular flexibility index (Phi) is 19.5. The van der Waals surface area contributed by atoms with Crippen molar-refractivity contribution in [2.45, 2.75) is 187 Å². The summed E-state index contributed by atoms with van der Waals surface area (Å²) >= 11 is 0. The van der Waals surface area contributed by atoms with E-state index in [1.807, 2.05) is 0 Å². The molecule has 0 aliphatic carbocycles. The van der Waals surface area contributed by atoms with Crippen molar-refractivity contribution < 1.29 is 4.48 Å². The third-order valence-electron chi connectivity index (χ3n) is 9.67. The van der Waals surface area contributed by atoms with Gasteiger partial charge in [0, 0.05) is 19.5 Å². The first kappa shape index (κ1) is 32.1. The van der Waals surface area contributed by atoms with Crippen molar-refractivity contribution in [2.75, 3.05) is 32.7 Å². The molecule has 36 heavy (non-hydrogen) atoms. The number of hydrogen-bond donors (Lipinski definition) is 0. The van der Waals surface area contributed by atoms with Gasteiger partial charge in [-0.2, -0.15) is 0 Å². The topological polar surface area (TPSA) is 3.24 Å². The molecule has 0 aromatic carbocycles. The van der Waals surface area contributed by atoms with Crippen LogP contribution in [-0.2, 0) is 0 Å². The van der Waals surface area contributed by atoms with Crippen LogP contribution in [0.4, 0.5) is 0 Å². The molecule has 0 radical (unpaired) electrons. The summed E-state index contributed by atoms with van der Waals surface area (Å²) < 4.78 is 1.48. The Morgan fingerprint density at radius 1 is 0.472 bits per heavy atom. The molecule has 0 bridgehead atoms. The highest BCUT2D eigenvalue weighted by molar-refractivity contribution is 4.74. The van der Waals surface area contributed by atoms with Crippen molar-refractivity contribution in [3.05, 3.63) is 0 Å². The monoisotopic (exact) mass is 506 g/mol. The third kappa shape index (κ3) is 13.6. The van der Waals surface area contributed by atoms with Crippen LogP contribution in [0, 0.1) is 0 Å². The normalized spacial score (nSPS) is 20.7. The van der Waals surface area contributed by atoms with Gasteiger partial charge in [0.05, 0.1) is 19.6 Å². The molecular weight excluding hydrogens is 436 g/mol. The lowest BCUT2D eigenvalue weighted by Crippen LogP contribution is -2.62. The van der Waals surface area contributed by atoms with E-state index in [1.165, 1.54) is 204 Å². The highest BCUT2D eigenvalue weighted by atomic mass is 15.5. The van der Waals surface area contributed by atoms with Crippen molar-refractivity contribution in [1.29, 1.82) is 0 Å². The fraction of sp³-hybridized carbons (Fsp3) is 1.00. The molecule has 2 heteroatoms. The Labute approximate surface area is 229 Å². The van der Waals surface area contributed by atoms with Crippen molar-refractivity contribution >= 4 is 0 Å². The summed E-state index contributed by atoms with van der Waals surface area (Å²) in [5.74, 6) is 0. The van der Waals surface area contributed by atoms with Crippen LogP contribution in [0.1, 0.15) is 181 Å². The fourth-order valence-corrected chi connectivity index (χ4v) is 7.38. The van der Waals surface area contributed by atoms with Gasteiger partial charge in [-0.05, 0) is 57.8 Å². The van der Waals surface area contributed by atoms with Crippen molar-refractivity contribution in [2.24, 2.45) is 0 Å². The average Bonchev–Trinajstić information content (AvgIpc) is 3.34. The van der Waals surface area contributed by atoms with Gasteiger partial charge in [-0.1, -0.05) is 117 Å². The van der Waals surface area contributed by atoms with Gasteiger partial charge in [0.15, 0.2) is 0 Å². The molecule has 214 valence electrons. The zero-order valence-electron chi connectivity index (χ0n) is 25.4. The van der Waals surface area contributed by atoms with Gasteiger partial charge >= 0.3 is 0 Å². The van der Waals surface area contributed by atoms with Crippen molar-refractivity contribution in [1.82, 2.24) is 4.90 Å². The van der Waals surface area contributed by atoms with Crippen LogP contribution in [0.15, 0.2) is 0 Å². The predicted octanol–water partition coefficient (Wildman–Crippen LogP) is 10.6. The van der Waals surface area contributed by atoms with E-state index >= 15 is 0 Å². The Balaban J connectivity index is 1.74. The van der Waals surface area contributed by atoms with E-state index in [-0.39, 0.29) is 0 Å². The van der Waals surface area contributed by atoms with Crippen LogP contribution < -0.4 is 0 Å². The average molecular weight is 506 g/mol. The van der Waals surface area contributed by atoms with Crippen LogP contribution in [0.2, 0.25) is 0 Å². The quantitative estimate of drug-likeness (QED) is 0.0985. The summed E-state index contributed by atoms with van der Waals surface area (Å²) in [6.45, 7) is 11.9. The minimum absolute atomic E-state index is 0.854. The smallest absolute Gasteiger partial charge is 0.145 e. The summed E-state index contributed by atoms with van der Waals surface area (Å²) in [5, 5.41) is 0. The molecule has 0 saturated carbocycles. The second kappa shape index (κ2) is 21.8. The molecular formula is C34H69N2+. The standard InChI is InChI=1S/C34H69N2/c1-3-5-7-9-11-13-15-17-19-25-31-36(32-26-20-18-16-14-12-10-8-6-4-2)33-27-21-22-28-34(36)35-29-23-24-30-35/h34H,3-33H2,1-2H3/q+1. The maximum Gasteiger partial charge on any atom is 0.145 e. The van der Waals surface area contributed by atoms with Gasteiger partial charge in [0.2, 0.25) is 0 Å². The first-order valence-electron chi connectivity index (χ1n) is 17.4. The van der Waals surface area contributed by atoms with Crippen LogP contribution in [0.25, 0.3) is 0 Å².